The number of anilines is 1. The van der Waals surface area contributed by atoms with Crippen LogP contribution in [-0.4, -0.2) is 50.2 Å². The van der Waals surface area contributed by atoms with Gasteiger partial charge in [-0.15, -0.1) is 0 Å². The third-order valence-electron chi connectivity index (χ3n) is 5.50. The first-order valence-corrected chi connectivity index (χ1v) is 12.3. The molecule has 0 spiro atoms. The molecule has 3 rings (SSSR count). The Kier molecular flexibility index (Phi) is 6.97. The van der Waals surface area contributed by atoms with Crippen molar-refractivity contribution in [2.45, 2.75) is 33.7 Å². The lowest BCUT2D eigenvalue weighted by Crippen LogP contribution is -2.28. The second kappa shape index (κ2) is 9.45. The number of benzene rings is 1. The number of furan rings is 1. The van der Waals surface area contributed by atoms with Gasteiger partial charge in [-0.05, 0) is 43.5 Å². The number of aliphatic imine (C=N–C) groups is 1. The zero-order valence-electron chi connectivity index (χ0n) is 20.3. The molecule has 1 unspecified atom stereocenters. The standard InChI is InChI=1S/C23H29N5O6S/c1-11(2)17(16-10-12(3)13(4)34-16)26-22-18(20(21(24)30)35(32,33)27-22)25-15-9-7-8-14(19(15)29)23(31)28(5)6/h7-11,17,25,29H,1-6H3,(H2,24,30)(H,26,27). The number of carbonyl (C=O) groups is 2. The van der Waals surface area contributed by atoms with Gasteiger partial charge in [0.05, 0.1) is 11.3 Å². The molecule has 35 heavy (non-hydrogen) atoms. The van der Waals surface area contributed by atoms with Crippen molar-refractivity contribution in [3.8, 4) is 5.75 Å². The molecule has 2 aromatic rings. The van der Waals surface area contributed by atoms with Crippen molar-refractivity contribution >= 4 is 33.4 Å². The lowest BCUT2D eigenvalue weighted by atomic mass is 10.0. The normalized spacial score (nSPS) is 16.9. The quantitative estimate of drug-likeness (QED) is 0.420. The van der Waals surface area contributed by atoms with Gasteiger partial charge in [0.25, 0.3) is 21.8 Å². The SMILES string of the molecule is Cc1cc(C(N=C2NS(=O)(=O)C(C(N)=O)=C2Nc2cccc(C(=O)N(C)C)c2O)C(C)C)oc1C. The number of nitrogens with one attached hydrogen (secondary N) is 2. The summed E-state index contributed by atoms with van der Waals surface area (Å²) in [6.45, 7) is 7.47. The van der Waals surface area contributed by atoms with Gasteiger partial charge in [0, 0.05) is 14.1 Å². The van der Waals surface area contributed by atoms with E-state index < -0.39 is 38.5 Å². The second-order valence-electron chi connectivity index (χ2n) is 8.75. The van der Waals surface area contributed by atoms with Crippen LogP contribution in [0.2, 0.25) is 0 Å². The van der Waals surface area contributed by atoms with E-state index in [0.29, 0.717) is 11.5 Å². The van der Waals surface area contributed by atoms with Crippen molar-refractivity contribution in [1.29, 1.82) is 0 Å². The van der Waals surface area contributed by atoms with Crippen LogP contribution in [-0.2, 0) is 14.8 Å². The molecule has 0 radical (unpaired) electrons. The topological polar surface area (TPSA) is 167 Å². The molecule has 2 amide bonds. The number of nitrogens with two attached hydrogens (primary N) is 1. The number of phenolic OH excluding ortho intramolecular Hbond substituents is 1. The number of para-hydroxylation sites is 1. The summed E-state index contributed by atoms with van der Waals surface area (Å²) in [7, 11) is -1.29. The highest BCUT2D eigenvalue weighted by atomic mass is 32.2. The number of aromatic hydroxyl groups is 1. The monoisotopic (exact) mass is 503 g/mol. The molecule has 1 aromatic carbocycles. The summed E-state index contributed by atoms with van der Waals surface area (Å²) in [4.78, 5) is 29.7. The Hall–Kier alpha value is -3.80. The Bertz CT molecular complexity index is 1330. The van der Waals surface area contributed by atoms with Gasteiger partial charge in [0.1, 0.15) is 23.3 Å². The molecule has 2 heterocycles. The number of hydrogen-bond donors (Lipinski definition) is 4. The van der Waals surface area contributed by atoms with Gasteiger partial charge in [-0.2, -0.15) is 0 Å². The molecule has 0 saturated carbocycles. The van der Waals surface area contributed by atoms with Gasteiger partial charge in [0.2, 0.25) is 0 Å². The van der Waals surface area contributed by atoms with E-state index in [4.69, 9.17) is 10.2 Å². The molecular weight excluding hydrogens is 474 g/mol. The van der Waals surface area contributed by atoms with E-state index in [2.05, 4.69) is 15.0 Å². The lowest BCUT2D eigenvalue weighted by Gasteiger charge is -2.18. The zero-order valence-corrected chi connectivity index (χ0v) is 21.1. The van der Waals surface area contributed by atoms with E-state index in [1.807, 2.05) is 33.8 Å². The minimum atomic E-state index is -4.34. The summed E-state index contributed by atoms with van der Waals surface area (Å²) in [5.74, 6) is -1.16. The van der Waals surface area contributed by atoms with Gasteiger partial charge in [-0.3, -0.25) is 19.3 Å². The van der Waals surface area contributed by atoms with Gasteiger partial charge in [-0.25, -0.2) is 8.42 Å². The molecule has 0 saturated heterocycles. The Morgan fingerprint density at radius 1 is 1.23 bits per heavy atom. The Morgan fingerprint density at radius 2 is 1.89 bits per heavy atom. The van der Waals surface area contributed by atoms with Crippen LogP contribution in [0.15, 0.2) is 44.3 Å². The number of nitrogens with zero attached hydrogens (tertiary/aromatic N) is 2. The van der Waals surface area contributed by atoms with E-state index in [1.165, 1.54) is 37.2 Å². The van der Waals surface area contributed by atoms with Crippen molar-refractivity contribution in [2.75, 3.05) is 19.4 Å². The van der Waals surface area contributed by atoms with E-state index >= 15 is 0 Å². The third-order valence-corrected chi connectivity index (χ3v) is 6.90. The van der Waals surface area contributed by atoms with Crippen LogP contribution in [0.25, 0.3) is 0 Å². The highest BCUT2D eigenvalue weighted by Crippen LogP contribution is 2.34. The Labute approximate surface area is 203 Å². The third kappa shape index (κ3) is 5.02. The number of rotatable bonds is 7. The molecule has 0 aliphatic carbocycles. The van der Waals surface area contributed by atoms with Crippen LogP contribution in [0, 0.1) is 19.8 Å². The minimum Gasteiger partial charge on any atom is -0.505 e. The summed E-state index contributed by atoms with van der Waals surface area (Å²) >= 11 is 0. The van der Waals surface area contributed by atoms with Crippen LogP contribution in [0.3, 0.4) is 0 Å². The Morgan fingerprint density at radius 3 is 2.40 bits per heavy atom. The lowest BCUT2D eigenvalue weighted by molar-refractivity contribution is -0.113. The van der Waals surface area contributed by atoms with Gasteiger partial charge < -0.3 is 25.5 Å². The molecule has 0 bridgehead atoms. The van der Waals surface area contributed by atoms with Crippen molar-refractivity contribution in [3.63, 3.8) is 0 Å². The average Bonchev–Trinajstić information content (AvgIpc) is 3.21. The highest BCUT2D eigenvalue weighted by molar-refractivity contribution is 7.95. The van der Waals surface area contributed by atoms with Gasteiger partial charge in [-0.1, -0.05) is 19.9 Å². The fourth-order valence-electron chi connectivity index (χ4n) is 3.55. The first kappa shape index (κ1) is 25.8. The van der Waals surface area contributed by atoms with Gasteiger partial charge in [0.15, 0.2) is 16.5 Å². The molecule has 11 nitrogen and oxygen atoms in total. The summed E-state index contributed by atoms with van der Waals surface area (Å²) in [5, 5.41) is 13.5. The summed E-state index contributed by atoms with van der Waals surface area (Å²) in [5.41, 5.74) is 6.05. The number of amidine groups is 1. The van der Waals surface area contributed by atoms with E-state index in [1.54, 1.807) is 0 Å². The van der Waals surface area contributed by atoms with Crippen LogP contribution in [0.5, 0.6) is 5.75 Å². The number of carbonyl (C=O) groups excluding carboxylic acids is 2. The predicted octanol–water partition coefficient (Wildman–Crippen LogP) is 2.14. The zero-order chi connectivity index (χ0) is 26.2. The molecule has 12 heteroatoms. The average molecular weight is 504 g/mol. The number of amides is 2. The van der Waals surface area contributed by atoms with Crippen LogP contribution >= 0.6 is 0 Å². The largest absolute Gasteiger partial charge is 0.505 e. The second-order valence-corrected chi connectivity index (χ2v) is 10.4. The van der Waals surface area contributed by atoms with Crippen LogP contribution < -0.4 is 15.8 Å². The maximum atomic E-state index is 12.8. The molecule has 1 aromatic heterocycles. The molecule has 1 aliphatic heterocycles. The minimum absolute atomic E-state index is 0.0103. The fraction of sp³-hybridized carbons (Fsp3) is 0.348. The van der Waals surface area contributed by atoms with Crippen LogP contribution in [0.4, 0.5) is 5.69 Å². The van der Waals surface area contributed by atoms with Crippen molar-refractivity contribution < 1.29 is 27.5 Å². The molecule has 1 aliphatic rings. The maximum absolute atomic E-state index is 12.8. The molecule has 0 fully saturated rings. The first-order valence-electron chi connectivity index (χ1n) is 10.8. The number of hydrogen-bond acceptors (Lipinski definition) is 8. The van der Waals surface area contributed by atoms with E-state index in [9.17, 15) is 23.1 Å². The summed E-state index contributed by atoms with van der Waals surface area (Å²) < 4.78 is 33.6. The number of aryl methyl sites for hydroxylation is 2. The van der Waals surface area contributed by atoms with Crippen LogP contribution in [0.1, 0.15) is 47.3 Å². The van der Waals surface area contributed by atoms with Crippen molar-refractivity contribution in [1.82, 2.24) is 9.62 Å². The van der Waals surface area contributed by atoms with Crippen molar-refractivity contribution in [3.05, 3.63) is 57.5 Å². The van der Waals surface area contributed by atoms with Crippen molar-refractivity contribution in [2.24, 2.45) is 16.6 Å². The molecule has 1 atom stereocenters. The Balaban J connectivity index is 2.17. The summed E-state index contributed by atoms with van der Waals surface area (Å²) in [6.07, 6.45) is 0. The molecule has 5 N–H and O–H groups in total. The van der Waals surface area contributed by atoms with E-state index in [-0.39, 0.29) is 28.7 Å². The maximum Gasteiger partial charge on any atom is 0.270 e. The number of sulfonamides is 1. The number of phenols is 1. The molecule has 188 valence electrons. The molecular formula is C23H29N5O6S. The fourth-order valence-corrected chi connectivity index (χ4v) is 4.75. The highest BCUT2D eigenvalue weighted by Gasteiger charge is 2.39. The summed E-state index contributed by atoms with van der Waals surface area (Å²) in [6, 6.07) is 5.57. The first-order chi connectivity index (χ1) is 16.2. The van der Waals surface area contributed by atoms with Gasteiger partial charge >= 0.3 is 0 Å². The smallest absolute Gasteiger partial charge is 0.270 e. The number of primary amides is 1. The van der Waals surface area contributed by atoms with E-state index in [0.717, 1.165) is 5.56 Å². The predicted molar refractivity (Wildman–Crippen MR) is 131 cm³/mol.